The van der Waals surface area contributed by atoms with Crippen molar-refractivity contribution in [1.82, 2.24) is 15.2 Å². The molecule has 0 saturated carbocycles. The topological polar surface area (TPSA) is 85.3 Å². The van der Waals surface area contributed by atoms with Crippen LogP contribution in [0.3, 0.4) is 0 Å². The van der Waals surface area contributed by atoms with Crippen molar-refractivity contribution in [2.24, 2.45) is 0 Å². The summed E-state index contributed by atoms with van der Waals surface area (Å²) in [5, 5.41) is 10.2. The van der Waals surface area contributed by atoms with E-state index in [0.717, 1.165) is 34.2 Å². The molecule has 0 aliphatic rings. The Morgan fingerprint density at radius 2 is 1.59 bits per heavy atom. The van der Waals surface area contributed by atoms with Gasteiger partial charge in [-0.1, -0.05) is 37.3 Å². The maximum Gasteiger partial charge on any atom is 0.416 e. The number of thiazole rings is 1. The number of hydrogen-bond donors (Lipinski definition) is 0. The minimum atomic E-state index is -4.40. The highest BCUT2D eigenvalue weighted by atomic mass is 32.3. The van der Waals surface area contributed by atoms with E-state index in [1.165, 1.54) is 51.2 Å². The van der Waals surface area contributed by atoms with Gasteiger partial charge in [0.2, 0.25) is 5.13 Å². The first-order chi connectivity index (χ1) is 20.5. The van der Waals surface area contributed by atoms with Crippen LogP contribution in [0, 0.1) is 6.92 Å². The van der Waals surface area contributed by atoms with Gasteiger partial charge < -0.3 is 4.74 Å². The zero-order chi connectivity index (χ0) is 32.3. The lowest BCUT2D eigenvalue weighted by Crippen LogP contribution is -2.32. The largest absolute Gasteiger partial charge is 0.488 e. The van der Waals surface area contributed by atoms with Crippen LogP contribution in [0.4, 0.5) is 18.3 Å². The third-order valence-electron chi connectivity index (χ3n) is 6.64. The number of nitrogens with zero attached hydrogens (tertiary/aromatic N) is 4. The quantitative estimate of drug-likeness (QED) is 0.132. The maximum atomic E-state index is 13.8. The highest BCUT2D eigenvalue weighted by Gasteiger charge is 2.30. The number of halogens is 3. The second-order valence-electron chi connectivity index (χ2n) is 11.5. The molecule has 0 saturated heterocycles. The molecule has 14 heteroatoms. The molecular weight excluding hydrogens is 650 g/mol. The van der Waals surface area contributed by atoms with Gasteiger partial charge in [-0.15, -0.1) is 21.5 Å². The third-order valence-corrected chi connectivity index (χ3v) is 12.5. The van der Waals surface area contributed by atoms with Crippen LogP contribution < -0.4 is 9.04 Å². The van der Waals surface area contributed by atoms with E-state index in [2.05, 4.69) is 33.9 Å². The number of hydrogen-bond acceptors (Lipinski definition) is 8. The van der Waals surface area contributed by atoms with Crippen LogP contribution in [0.15, 0.2) is 53.4 Å². The molecule has 4 aromatic rings. The van der Waals surface area contributed by atoms with Crippen molar-refractivity contribution < 1.29 is 26.3 Å². The Morgan fingerprint density at radius 3 is 2.16 bits per heavy atom. The number of rotatable bonds is 13. The van der Waals surface area contributed by atoms with Gasteiger partial charge in [0.05, 0.1) is 21.0 Å². The minimum Gasteiger partial charge on any atom is -0.488 e. The first kappa shape index (κ1) is 34.2. The molecule has 0 spiro atoms. The number of aromatic nitrogens is 3. The lowest BCUT2D eigenvalue weighted by atomic mass is 10.1. The van der Waals surface area contributed by atoms with E-state index in [4.69, 9.17) is 4.74 Å². The molecule has 0 unspecified atom stereocenters. The molecule has 2 aromatic carbocycles. The number of benzene rings is 2. The molecule has 0 aliphatic heterocycles. The summed E-state index contributed by atoms with van der Waals surface area (Å²) in [5.41, 5.74) is 0.592. The van der Waals surface area contributed by atoms with Crippen LogP contribution in [0.25, 0.3) is 10.6 Å². The summed E-state index contributed by atoms with van der Waals surface area (Å²) in [5.74, 6) is 1.68. The molecule has 0 radical (unpaired) electrons. The van der Waals surface area contributed by atoms with Crippen molar-refractivity contribution in [3.63, 3.8) is 0 Å². The molecule has 0 amide bonds. The predicted octanol–water partition coefficient (Wildman–Crippen LogP) is 8.36. The Hall–Kier alpha value is -2.68. The Labute approximate surface area is 266 Å². The van der Waals surface area contributed by atoms with Gasteiger partial charge in [-0.05, 0) is 80.7 Å². The van der Waals surface area contributed by atoms with Gasteiger partial charge in [-0.2, -0.15) is 13.2 Å². The second-order valence-corrected chi connectivity index (χ2v) is 20.0. The standard InChI is InChI=1S/C30H37F3N4O3S4/c1-20(2)27-35-36-29(42-27)37(17-7-8-18-43(4,5)6)44(38,39)25-15-13-24(14-16-25)40-19-26-21(3)34-28(41-26)22-9-11-23(12-10-22)30(31,32)33/h9-16,20H,7-8,17-19H2,1-6H3. The summed E-state index contributed by atoms with van der Waals surface area (Å²) in [6, 6.07) is 11.2. The van der Waals surface area contributed by atoms with Crippen LogP contribution in [0.2, 0.25) is 0 Å². The van der Waals surface area contributed by atoms with Crippen molar-refractivity contribution in [2.75, 3.05) is 35.4 Å². The Kier molecular flexibility index (Phi) is 10.7. The first-order valence-electron chi connectivity index (χ1n) is 13.9. The predicted molar refractivity (Wildman–Crippen MR) is 176 cm³/mol. The summed E-state index contributed by atoms with van der Waals surface area (Å²) in [6.07, 6.45) is 3.98. The molecule has 240 valence electrons. The lowest BCUT2D eigenvalue weighted by molar-refractivity contribution is -0.137. The summed E-state index contributed by atoms with van der Waals surface area (Å²) < 4.78 is 73.7. The van der Waals surface area contributed by atoms with Crippen molar-refractivity contribution in [1.29, 1.82) is 0 Å². The van der Waals surface area contributed by atoms with Crippen molar-refractivity contribution in [2.45, 2.75) is 57.2 Å². The molecule has 2 heterocycles. The number of anilines is 1. The molecule has 7 nitrogen and oxygen atoms in total. The van der Waals surface area contributed by atoms with Gasteiger partial charge in [0.25, 0.3) is 10.0 Å². The van der Waals surface area contributed by atoms with Gasteiger partial charge in [-0.25, -0.2) is 27.7 Å². The van der Waals surface area contributed by atoms with Gasteiger partial charge >= 0.3 is 6.18 Å². The number of sulfonamides is 1. The zero-order valence-corrected chi connectivity index (χ0v) is 28.8. The zero-order valence-electron chi connectivity index (χ0n) is 25.5. The van der Waals surface area contributed by atoms with Crippen LogP contribution in [0.5, 0.6) is 5.75 Å². The Morgan fingerprint density at radius 1 is 0.932 bits per heavy atom. The van der Waals surface area contributed by atoms with E-state index in [1.807, 2.05) is 20.8 Å². The van der Waals surface area contributed by atoms with Crippen molar-refractivity contribution in [3.8, 4) is 16.3 Å². The summed E-state index contributed by atoms with van der Waals surface area (Å²) in [6.45, 7) is 6.30. The van der Waals surface area contributed by atoms with Crippen LogP contribution >= 0.6 is 32.7 Å². The number of aryl methyl sites for hydroxylation is 1. The Balaban J connectivity index is 1.46. The molecule has 0 bridgehead atoms. The first-order valence-corrected chi connectivity index (χ1v) is 20.0. The summed E-state index contributed by atoms with van der Waals surface area (Å²) in [7, 11) is -4.58. The minimum absolute atomic E-state index is 0.131. The van der Waals surface area contributed by atoms with Gasteiger partial charge in [0.1, 0.15) is 22.4 Å². The van der Waals surface area contributed by atoms with E-state index in [0.29, 0.717) is 40.1 Å². The van der Waals surface area contributed by atoms with Crippen LogP contribution in [-0.4, -0.2) is 54.7 Å². The molecule has 0 fully saturated rings. The normalized spacial score (nSPS) is 13.0. The van der Waals surface area contributed by atoms with Crippen LogP contribution in [0.1, 0.15) is 53.7 Å². The summed E-state index contributed by atoms with van der Waals surface area (Å²) in [4.78, 5) is 5.45. The average Bonchev–Trinajstić information content (AvgIpc) is 3.58. The van der Waals surface area contributed by atoms with E-state index in [-0.39, 0.29) is 17.4 Å². The van der Waals surface area contributed by atoms with Gasteiger partial charge in [-0.3, -0.25) is 0 Å². The second kappa shape index (κ2) is 13.8. The maximum absolute atomic E-state index is 13.8. The number of alkyl halides is 3. The Bertz CT molecular complexity index is 1640. The lowest BCUT2D eigenvalue weighted by Gasteiger charge is -2.26. The fourth-order valence-electron chi connectivity index (χ4n) is 4.14. The van der Waals surface area contributed by atoms with Gasteiger partial charge in [0, 0.05) is 18.0 Å². The van der Waals surface area contributed by atoms with E-state index in [1.54, 1.807) is 12.1 Å². The SMILES string of the molecule is Cc1nc(-c2ccc(C(F)(F)F)cc2)sc1COc1ccc(S(=O)(=O)N(CCCCS(C)(C)C)c2nnc(C(C)C)s2)cc1. The molecule has 0 aliphatic carbocycles. The van der Waals surface area contributed by atoms with Crippen LogP contribution in [-0.2, 0) is 22.8 Å². The average molecular weight is 687 g/mol. The molecule has 44 heavy (non-hydrogen) atoms. The fourth-order valence-corrected chi connectivity index (χ4v) is 8.72. The molecule has 2 aromatic heterocycles. The monoisotopic (exact) mass is 686 g/mol. The highest BCUT2D eigenvalue weighted by molar-refractivity contribution is 8.32. The fraction of sp³-hybridized carbons (Fsp3) is 0.433. The molecule has 0 atom stereocenters. The van der Waals surface area contributed by atoms with Crippen molar-refractivity contribution in [3.05, 3.63) is 69.7 Å². The molecule has 0 N–H and O–H groups in total. The van der Waals surface area contributed by atoms with E-state index in [9.17, 15) is 21.6 Å². The van der Waals surface area contributed by atoms with E-state index >= 15 is 0 Å². The van der Waals surface area contributed by atoms with Crippen molar-refractivity contribution >= 4 is 47.9 Å². The number of ether oxygens (including phenoxy) is 1. The number of unbranched alkanes of at least 4 members (excludes halogenated alkanes) is 1. The smallest absolute Gasteiger partial charge is 0.416 e. The van der Waals surface area contributed by atoms with Gasteiger partial charge in [0.15, 0.2) is 0 Å². The molecule has 4 rings (SSSR count). The highest BCUT2D eigenvalue weighted by Crippen LogP contribution is 2.37. The molecular formula is C30H37F3N4O3S4. The van der Waals surface area contributed by atoms with E-state index < -0.39 is 31.8 Å². The third kappa shape index (κ3) is 8.73. The summed E-state index contributed by atoms with van der Waals surface area (Å²) >= 11 is 2.64.